The van der Waals surface area contributed by atoms with Gasteiger partial charge in [0.05, 0.1) is 0 Å². The third-order valence-electron chi connectivity index (χ3n) is 2.20. The number of nitrogens with zero attached hydrogens (tertiary/aromatic N) is 4. The van der Waals surface area contributed by atoms with Crippen LogP contribution in [0.2, 0.25) is 0 Å². The Morgan fingerprint density at radius 2 is 1.95 bits per heavy atom. The molecule has 0 aliphatic carbocycles. The molecule has 5 nitrogen and oxygen atoms in total. The van der Waals surface area contributed by atoms with Crippen LogP contribution in [0.4, 0.5) is 13.2 Å². The zero-order chi connectivity index (χ0) is 15.3. The van der Waals surface area contributed by atoms with Crippen molar-refractivity contribution < 1.29 is 17.9 Å². The second-order valence-corrected chi connectivity index (χ2v) is 3.75. The highest BCUT2D eigenvalue weighted by atomic mass is 19.4. The highest BCUT2D eigenvalue weighted by Crippen LogP contribution is 2.22. The number of nitriles is 1. The number of hydrogen-bond donors (Lipinski definition) is 0. The van der Waals surface area contributed by atoms with Gasteiger partial charge in [-0.25, -0.2) is 9.67 Å². The molecule has 0 atom stereocenters. The predicted molar refractivity (Wildman–Crippen MR) is 64.7 cm³/mol. The van der Waals surface area contributed by atoms with Crippen molar-refractivity contribution in [3.63, 3.8) is 0 Å². The summed E-state index contributed by atoms with van der Waals surface area (Å²) in [6.07, 6.45) is -3.34. The Kier molecular flexibility index (Phi) is 4.10. The molecule has 0 N–H and O–H groups in total. The van der Waals surface area contributed by atoms with Gasteiger partial charge in [0.2, 0.25) is 0 Å². The van der Waals surface area contributed by atoms with Gasteiger partial charge in [0.15, 0.2) is 0 Å². The van der Waals surface area contributed by atoms with E-state index in [1.165, 1.54) is 35.3 Å². The molecular weight excluding hydrogens is 285 g/mol. The molecule has 0 fully saturated rings. The zero-order valence-corrected chi connectivity index (χ0v) is 10.4. The van der Waals surface area contributed by atoms with Crippen molar-refractivity contribution in [2.45, 2.75) is 12.9 Å². The Bertz CT molecular complexity index is 717. The number of benzene rings is 1. The SMILES string of the molecule is N#Cc1ncn(CC#Cc2ccc(OC(F)(F)F)cc2)n1. The van der Waals surface area contributed by atoms with Crippen LogP contribution in [0.5, 0.6) is 5.75 Å². The molecule has 0 saturated carbocycles. The first-order valence-corrected chi connectivity index (χ1v) is 5.60. The quantitative estimate of drug-likeness (QED) is 0.795. The first-order chi connectivity index (χ1) is 9.96. The fourth-order valence-electron chi connectivity index (χ4n) is 1.38. The van der Waals surface area contributed by atoms with Gasteiger partial charge in [0.1, 0.15) is 24.7 Å². The molecule has 0 aliphatic heterocycles. The van der Waals surface area contributed by atoms with E-state index in [-0.39, 0.29) is 18.1 Å². The summed E-state index contributed by atoms with van der Waals surface area (Å²) >= 11 is 0. The molecule has 1 aromatic heterocycles. The van der Waals surface area contributed by atoms with Crippen LogP contribution in [0.25, 0.3) is 0 Å². The summed E-state index contributed by atoms with van der Waals surface area (Å²) in [6.45, 7) is 0.218. The molecular formula is C13H7F3N4O. The van der Waals surface area contributed by atoms with Crippen LogP contribution >= 0.6 is 0 Å². The summed E-state index contributed by atoms with van der Waals surface area (Å²) in [5, 5.41) is 12.4. The smallest absolute Gasteiger partial charge is 0.406 e. The number of aromatic nitrogens is 3. The summed E-state index contributed by atoms with van der Waals surface area (Å²) in [4.78, 5) is 3.71. The second-order valence-electron chi connectivity index (χ2n) is 3.75. The lowest BCUT2D eigenvalue weighted by molar-refractivity contribution is -0.274. The highest BCUT2D eigenvalue weighted by Gasteiger charge is 2.30. The van der Waals surface area contributed by atoms with Gasteiger partial charge >= 0.3 is 6.36 Å². The van der Waals surface area contributed by atoms with Crippen molar-refractivity contribution >= 4 is 0 Å². The maximum absolute atomic E-state index is 12.0. The van der Waals surface area contributed by atoms with E-state index in [2.05, 4.69) is 26.7 Å². The third-order valence-corrected chi connectivity index (χ3v) is 2.20. The summed E-state index contributed by atoms with van der Waals surface area (Å²) in [5.41, 5.74) is 0.533. The summed E-state index contributed by atoms with van der Waals surface area (Å²) < 4.78 is 41.1. The molecule has 106 valence electrons. The lowest BCUT2D eigenvalue weighted by Gasteiger charge is -2.07. The molecule has 0 bridgehead atoms. The number of rotatable bonds is 2. The van der Waals surface area contributed by atoms with E-state index in [1.807, 2.05) is 0 Å². The summed E-state index contributed by atoms with van der Waals surface area (Å²) in [7, 11) is 0. The Balaban J connectivity index is 1.98. The number of alkyl halides is 3. The number of ether oxygens (including phenoxy) is 1. The molecule has 0 radical (unpaired) electrons. The van der Waals surface area contributed by atoms with Crippen molar-refractivity contribution in [1.82, 2.24) is 14.8 Å². The molecule has 0 unspecified atom stereocenters. The number of halogens is 3. The van der Waals surface area contributed by atoms with E-state index in [9.17, 15) is 13.2 Å². The molecule has 1 heterocycles. The van der Waals surface area contributed by atoms with Crippen LogP contribution in [0.1, 0.15) is 11.4 Å². The Hall–Kier alpha value is -3.00. The van der Waals surface area contributed by atoms with Gasteiger partial charge in [-0.15, -0.1) is 18.3 Å². The minimum Gasteiger partial charge on any atom is -0.406 e. The lowest BCUT2D eigenvalue weighted by Crippen LogP contribution is -2.16. The van der Waals surface area contributed by atoms with Crippen LogP contribution in [-0.4, -0.2) is 21.1 Å². The van der Waals surface area contributed by atoms with Gasteiger partial charge in [0.25, 0.3) is 5.82 Å². The first kappa shape index (κ1) is 14.4. The monoisotopic (exact) mass is 292 g/mol. The van der Waals surface area contributed by atoms with Crippen molar-refractivity contribution in [2.75, 3.05) is 0 Å². The Morgan fingerprint density at radius 3 is 2.52 bits per heavy atom. The fraction of sp³-hybridized carbons (Fsp3) is 0.154. The Morgan fingerprint density at radius 1 is 1.24 bits per heavy atom. The molecule has 21 heavy (non-hydrogen) atoms. The van der Waals surface area contributed by atoms with Crippen molar-refractivity contribution in [2.24, 2.45) is 0 Å². The van der Waals surface area contributed by atoms with Gasteiger partial charge in [-0.05, 0) is 24.3 Å². The van der Waals surface area contributed by atoms with E-state index in [1.54, 1.807) is 6.07 Å². The Labute approximate surface area is 117 Å². The maximum Gasteiger partial charge on any atom is 0.573 e. The van der Waals surface area contributed by atoms with E-state index in [0.29, 0.717) is 5.56 Å². The van der Waals surface area contributed by atoms with E-state index in [4.69, 9.17) is 5.26 Å². The average molecular weight is 292 g/mol. The van der Waals surface area contributed by atoms with Crippen LogP contribution in [0.3, 0.4) is 0 Å². The molecule has 8 heteroatoms. The van der Waals surface area contributed by atoms with E-state index >= 15 is 0 Å². The molecule has 2 rings (SSSR count). The second kappa shape index (κ2) is 5.97. The summed E-state index contributed by atoms with van der Waals surface area (Å²) in [5.74, 6) is 5.26. The zero-order valence-electron chi connectivity index (χ0n) is 10.4. The van der Waals surface area contributed by atoms with Crippen molar-refractivity contribution in [3.05, 3.63) is 42.0 Å². The molecule has 0 amide bonds. The minimum atomic E-state index is -4.71. The average Bonchev–Trinajstić information content (AvgIpc) is 2.87. The van der Waals surface area contributed by atoms with Gasteiger partial charge in [-0.3, -0.25) is 0 Å². The molecule has 0 saturated heterocycles. The lowest BCUT2D eigenvalue weighted by atomic mass is 10.2. The van der Waals surface area contributed by atoms with Gasteiger partial charge < -0.3 is 4.74 Å². The standard InChI is InChI=1S/C13H7F3N4O/c14-13(15,16)21-11-5-3-10(4-6-11)2-1-7-20-9-18-12(8-17)19-20/h3-6,9H,7H2. The van der Waals surface area contributed by atoms with Gasteiger partial charge in [-0.2, -0.15) is 5.26 Å². The predicted octanol–water partition coefficient (Wildman–Crippen LogP) is 2.10. The maximum atomic E-state index is 12.0. The summed E-state index contributed by atoms with van der Waals surface area (Å²) in [6, 6.07) is 6.97. The molecule has 2 aromatic rings. The van der Waals surface area contributed by atoms with Gasteiger partial charge in [0, 0.05) is 5.56 Å². The third kappa shape index (κ3) is 4.55. The van der Waals surface area contributed by atoms with Crippen molar-refractivity contribution in [3.8, 4) is 23.7 Å². The largest absolute Gasteiger partial charge is 0.573 e. The van der Waals surface area contributed by atoms with Crippen LogP contribution in [0.15, 0.2) is 30.6 Å². The first-order valence-electron chi connectivity index (χ1n) is 5.60. The number of hydrogen-bond acceptors (Lipinski definition) is 4. The molecule has 0 spiro atoms. The van der Waals surface area contributed by atoms with Crippen LogP contribution in [0, 0.1) is 23.2 Å². The fourth-order valence-corrected chi connectivity index (χ4v) is 1.38. The minimum absolute atomic E-state index is 0.0467. The van der Waals surface area contributed by atoms with Crippen LogP contribution in [-0.2, 0) is 6.54 Å². The topological polar surface area (TPSA) is 63.7 Å². The molecule has 1 aromatic carbocycles. The van der Waals surface area contributed by atoms with Gasteiger partial charge in [-0.1, -0.05) is 11.8 Å². The van der Waals surface area contributed by atoms with Crippen LogP contribution < -0.4 is 4.74 Å². The normalized spacial score (nSPS) is 10.4. The highest BCUT2D eigenvalue weighted by molar-refractivity contribution is 5.38. The van der Waals surface area contributed by atoms with Crippen molar-refractivity contribution in [1.29, 1.82) is 5.26 Å². The molecule has 0 aliphatic rings. The van der Waals surface area contributed by atoms with E-state index in [0.717, 1.165) is 0 Å². The van der Waals surface area contributed by atoms with E-state index < -0.39 is 6.36 Å².